The van der Waals surface area contributed by atoms with E-state index in [1.165, 1.54) is 12.7 Å². The van der Waals surface area contributed by atoms with Crippen molar-refractivity contribution in [1.82, 2.24) is 10.6 Å². The predicted octanol–water partition coefficient (Wildman–Crippen LogP) is 3.21. The molecule has 0 spiro atoms. The number of carbonyl (C=O) groups is 1. The van der Waals surface area contributed by atoms with Crippen LogP contribution in [-0.4, -0.2) is 24.5 Å². The van der Waals surface area contributed by atoms with Crippen LogP contribution in [0.4, 0.5) is 0 Å². The lowest BCUT2D eigenvalue weighted by molar-refractivity contribution is 0.0925. The molecule has 2 aromatic rings. The quantitative estimate of drug-likeness (QED) is 0.902. The van der Waals surface area contributed by atoms with Gasteiger partial charge in [0.1, 0.15) is 12.0 Å². The number of halogens is 1. The third kappa shape index (κ3) is 3.07. The van der Waals surface area contributed by atoms with E-state index in [9.17, 15) is 4.79 Å². The molecule has 3 atom stereocenters. The Morgan fingerprint density at radius 3 is 2.74 bits per heavy atom. The lowest BCUT2D eigenvalue weighted by atomic mass is 10.0. The number of carbonyl (C=O) groups excluding carboxylic acids is 1. The van der Waals surface area contributed by atoms with E-state index in [4.69, 9.17) is 20.8 Å². The first-order chi connectivity index (χ1) is 11.2. The number of piperidine rings is 1. The normalized spacial score (nSPS) is 25.5. The highest BCUT2D eigenvalue weighted by molar-refractivity contribution is 6.30. The summed E-state index contributed by atoms with van der Waals surface area (Å²) >= 11 is 5.77. The molecule has 2 N–H and O–H groups in total. The molecule has 2 fully saturated rings. The van der Waals surface area contributed by atoms with Crippen molar-refractivity contribution in [3.63, 3.8) is 0 Å². The Hall–Kier alpha value is -1.98. The van der Waals surface area contributed by atoms with Crippen LogP contribution >= 0.6 is 11.6 Å². The van der Waals surface area contributed by atoms with Crippen LogP contribution in [0.15, 0.2) is 41.0 Å². The maximum Gasteiger partial charge on any atom is 0.291 e. The molecule has 2 heterocycles. The van der Waals surface area contributed by atoms with E-state index in [1.807, 2.05) is 0 Å². The molecule has 1 aromatic carbocycles. The summed E-state index contributed by atoms with van der Waals surface area (Å²) in [5.41, 5.74) is 0.630. The van der Waals surface area contributed by atoms with E-state index in [0.717, 1.165) is 13.0 Å². The highest BCUT2D eigenvalue weighted by Crippen LogP contribution is 2.31. The van der Waals surface area contributed by atoms with Crippen LogP contribution in [0.2, 0.25) is 5.02 Å². The van der Waals surface area contributed by atoms with Crippen molar-refractivity contribution in [2.24, 2.45) is 5.92 Å². The van der Waals surface area contributed by atoms with Gasteiger partial charge in [0.15, 0.2) is 0 Å². The number of amides is 1. The number of hydrogen-bond donors (Lipinski definition) is 2. The summed E-state index contributed by atoms with van der Waals surface area (Å²) in [6.45, 7) is 1.01. The van der Waals surface area contributed by atoms with Gasteiger partial charge in [-0.25, -0.2) is 0 Å². The van der Waals surface area contributed by atoms with Gasteiger partial charge in [-0.1, -0.05) is 11.6 Å². The zero-order valence-electron chi connectivity index (χ0n) is 12.4. The van der Waals surface area contributed by atoms with Crippen LogP contribution in [0, 0.1) is 5.92 Å². The maximum atomic E-state index is 12.3. The van der Waals surface area contributed by atoms with E-state index in [2.05, 4.69) is 10.6 Å². The Morgan fingerprint density at radius 1 is 1.30 bits per heavy atom. The zero-order chi connectivity index (χ0) is 15.8. The third-order valence-corrected chi connectivity index (χ3v) is 4.76. The summed E-state index contributed by atoms with van der Waals surface area (Å²) in [5, 5.41) is 7.07. The minimum atomic E-state index is -0.0323. The fourth-order valence-electron chi connectivity index (χ4n) is 3.40. The Balaban J connectivity index is 1.38. The van der Waals surface area contributed by atoms with E-state index < -0.39 is 0 Å². The first-order valence-electron chi connectivity index (χ1n) is 7.73. The third-order valence-electron chi connectivity index (χ3n) is 4.56. The molecule has 5 nitrogen and oxygen atoms in total. The summed E-state index contributed by atoms with van der Waals surface area (Å²) in [6, 6.07) is 9.43. The molecular weight excluding hydrogens is 316 g/mol. The van der Waals surface area contributed by atoms with Gasteiger partial charge in [0, 0.05) is 30.3 Å². The fraction of sp³-hybridized carbons (Fsp3) is 0.353. The van der Waals surface area contributed by atoms with Crippen molar-refractivity contribution in [3.05, 3.63) is 47.2 Å². The van der Waals surface area contributed by atoms with Crippen LogP contribution in [0.3, 0.4) is 0 Å². The van der Waals surface area contributed by atoms with Crippen LogP contribution in [0.25, 0.3) is 0 Å². The molecule has 0 radical (unpaired) electrons. The van der Waals surface area contributed by atoms with Gasteiger partial charge in [0.05, 0.1) is 5.02 Å². The van der Waals surface area contributed by atoms with Crippen molar-refractivity contribution in [1.29, 1.82) is 0 Å². The number of furan rings is 1. The first-order valence-corrected chi connectivity index (χ1v) is 8.11. The van der Waals surface area contributed by atoms with E-state index in [-0.39, 0.29) is 11.9 Å². The minimum Gasteiger partial charge on any atom is -0.432 e. The first kappa shape index (κ1) is 14.6. The summed E-state index contributed by atoms with van der Waals surface area (Å²) in [7, 11) is 0. The van der Waals surface area contributed by atoms with Gasteiger partial charge in [-0.2, -0.15) is 0 Å². The number of benzene rings is 1. The second-order valence-corrected chi connectivity index (χ2v) is 6.56. The Kier molecular flexibility index (Phi) is 3.75. The molecule has 1 saturated heterocycles. The second-order valence-electron chi connectivity index (χ2n) is 6.13. The smallest absolute Gasteiger partial charge is 0.291 e. The number of ether oxygens (including phenoxy) is 1. The van der Waals surface area contributed by atoms with Crippen LogP contribution in [0.1, 0.15) is 23.2 Å². The van der Waals surface area contributed by atoms with Crippen LogP contribution < -0.4 is 15.4 Å². The number of nitrogens with one attached hydrogen (secondary N) is 2. The van der Waals surface area contributed by atoms with Crippen molar-refractivity contribution < 1.29 is 13.9 Å². The number of fused-ring (bicyclic) bond motifs is 2. The molecule has 23 heavy (non-hydrogen) atoms. The van der Waals surface area contributed by atoms with E-state index >= 15 is 0 Å². The Bertz CT molecular complexity index is 713. The van der Waals surface area contributed by atoms with Crippen molar-refractivity contribution in [2.75, 3.05) is 6.54 Å². The van der Waals surface area contributed by atoms with Crippen molar-refractivity contribution in [2.45, 2.75) is 24.9 Å². The summed E-state index contributed by atoms with van der Waals surface area (Å²) < 4.78 is 10.6. The molecule has 120 valence electrons. The molecule has 1 aromatic heterocycles. The van der Waals surface area contributed by atoms with Crippen molar-refractivity contribution in [3.8, 4) is 11.7 Å². The molecule has 2 aliphatic rings. The van der Waals surface area contributed by atoms with Crippen LogP contribution in [0.5, 0.6) is 11.7 Å². The summed E-state index contributed by atoms with van der Waals surface area (Å²) in [5.74, 6) is 1.45. The zero-order valence-corrected chi connectivity index (χ0v) is 13.2. The molecule has 6 heteroatoms. The topological polar surface area (TPSA) is 63.5 Å². The van der Waals surface area contributed by atoms with E-state index in [1.54, 1.807) is 30.3 Å². The van der Waals surface area contributed by atoms with Crippen molar-refractivity contribution >= 4 is 17.5 Å². The largest absolute Gasteiger partial charge is 0.432 e. The maximum absolute atomic E-state index is 12.3. The number of hydrogen-bond acceptors (Lipinski definition) is 4. The van der Waals surface area contributed by atoms with Gasteiger partial charge >= 0.3 is 0 Å². The average Bonchev–Trinajstić information content (AvgIpc) is 3.25. The van der Waals surface area contributed by atoms with Gasteiger partial charge in [-0.3, -0.25) is 4.79 Å². The minimum absolute atomic E-state index is 0.0323. The molecule has 2 bridgehead atoms. The van der Waals surface area contributed by atoms with Gasteiger partial charge in [0.25, 0.3) is 11.9 Å². The SMILES string of the molecule is O=C(NC1CC2CC1CN2)c1ccc(Oc2cc(Cl)co2)cc1. The Morgan fingerprint density at radius 2 is 2.13 bits per heavy atom. The molecular formula is C17H17ClN2O3. The highest BCUT2D eigenvalue weighted by atomic mass is 35.5. The molecule has 1 aliphatic carbocycles. The fourth-order valence-corrected chi connectivity index (χ4v) is 3.54. The Labute approximate surface area is 139 Å². The van der Waals surface area contributed by atoms with E-state index in [0.29, 0.717) is 34.2 Å². The van der Waals surface area contributed by atoms with Gasteiger partial charge < -0.3 is 19.8 Å². The van der Waals surface area contributed by atoms with Crippen LogP contribution in [-0.2, 0) is 0 Å². The number of rotatable bonds is 4. The second kappa shape index (κ2) is 5.91. The summed E-state index contributed by atoms with van der Waals surface area (Å²) in [4.78, 5) is 12.3. The molecule has 4 rings (SSSR count). The van der Waals surface area contributed by atoms with Gasteiger partial charge in [-0.15, -0.1) is 0 Å². The lowest BCUT2D eigenvalue weighted by Gasteiger charge is -2.23. The molecule has 1 saturated carbocycles. The van der Waals surface area contributed by atoms with Gasteiger partial charge in [-0.05, 0) is 43.0 Å². The monoisotopic (exact) mass is 332 g/mol. The van der Waals surface area contributed by atoms with Gasteiger partial charge in [0.2, 0.25) is 0 Å². The lowest BCUT2D eigenvalue weighted by Crippen LogP contribution is -2.44. The molecule has 1 amide bonds. The molecule has 1 aliphatic heterocycles. The standard InChI is InChI=1S/C17H17ClN2O3/c18-12-6-16(22-9-12)23-14-3-1-10(2-4-14)17(21)20-15-7-13-5-11(15)8-19-13/h1-4,6,9,11,13,15,19H,5,7-8H2,(H,20,21). The summed E-state index contributed by atoms with van der Waals surface area (Å²) in [6.07, 6.45) is 3.60. The highest BCUT2D eigenvalue weighted by Gasteiger charge is 2.40. The average molecular weight is 333 g/mol. The predicted molar refractivity (Wildman–Crippen MR) is 86.0 cm³/mol. The molecule has 3 unspecified atom stereocenters.